The molecule has 0 saturated carbocycles. The molecule has 0 spiro atoms. The average Bonchev–Trinajstić information content (AvgIpc) is 2.37. The Morgan fingerprint density at radius 3 is 2.50 bits per heavy atom. The van der Waals surface area contributed by atoms with Crippen molar-refractivity contribution in [2.24, 2.45) is 5.92 Å². The molecule has 1 aromatic carbocycles. The fourth-order valence-electron chi connectivity index (χ4n) is 1.54. The van der Waals surface area contributed by atoms with Crippen LogP contribution in [0, 0.1) is 5.92 Å². The van der Waals surface area contributed by atoms with Gasteiger partial charge in [-0.15, -0.1) is 0 Å². The minimum absolute atomic E-state index is 0.00674. The minimum Gasteiger partial charge on any atom is -0.396 e. The Bertz CT molecular complexity index is 378. The van der Waals surface area contributed by atoms with E-state index >= 15 is 0 Å². The van der Waals surface area contributed by atoms with Crippen molar-refractivity contribution in [2.75, 3.05) is 6.61 Å². The third kappa shape index (κ3) is 5.07. The van der Waals surface area contributed by atoms with Gasteiger partial charge in [0.05, 0.1) is 0 Å². The summed E-state index contributed by atoms with van der Waals surface area (Å²) < 4.78 is 0. The van der Waals surface area contributed by atoms with Gasteiger partial charge in [0.2, 0.25) is 5.91 Å². The maximum Gasteiger partial charge on any atom is 0.220 e. The van der Waals surface area contributed by atoms with E-state index in [-0.39, 0.29) is 24.5 Å². The number of aliphatic hydroxyl groups excluding tert-OH is 1. The van der Waals surface area contributed by atoms with E-state index < -0.39 is 0 Å². The zero-order chi connectivity index (χ0) is 13.5. The van der Waals surface area contributed by atoms with Gasteiger partial charge in [-0.05, 0) is 37.0 Å². The SMILES string of the molecule is CC(CO)C(C)NC(=O)CCc1ccc(Cl)cc1. The monoisotopic (exact) mass is 269 g/mol. The van der Waals surface area contributed by atoms with Crippen LogP contribution in [0.5, 0.6) is 0 Å². The highest BCUT2D eigenvalue weighted by molar-refractivity contribution is 6.30. The second-order valence-corrected chi connectivity index (χ2v) is 5.08. The Hall–Kier alpha value is -1.06. The molecule has 1 amide bonds. The average molecular weight is 270 g/mol. The molecular formula is C14H20ClNO2. The summed E-state index contributed by atoms with van der Waals surface area (Å²) in [5.41, 5.74) is 1.09. The number of benzene rings is 1. The van der Waals surface area contributed by atoms with Crippen molar-refractivity contribution >= 4 is 17.5 Å². The van der Waals surface area contributed by atoms with Crippen LogP contribution in [0.4, 0.5) is 0 Å². The van der Waals surface area contributed by atoms with Crippen LogP contribution in [0.3, 0.4) is 0 Å². The summed E-state index contributed by atoms with van der Waals surface area (Å²) in [7, 11) is 0. The molecule has 0 aliphatic heterocycles. The first kappa shape index (κ1) is 15.0. The van der Waals surface area contributed by atoms with E-state index in [1.807, 2.05) is 38.1 Å². The first-order chi connectivity index (χ1) is 8.52. The van der Waals surface area contributed by atoms with Crippen molar-refractivity contribution in [3.63, 3.8) is 0 Å². The summed E-state index contributed by atoms with van der Waals surface area (Å²) in [5.74, 6) is 0.0854. The lowest BCUT2D eigenvalue weighted by molar-refractivity contribution is -0.122. The number of aliphatic hydroxyl groups is 1. The summed E-state index contributed by atoms with van der Waals surface area (Å²) >= 11 is 5.79. The predicted molar refractivity (Wildman–Crippen MR) is 73.6 cm³/mol. The molecule has 0 aliphatic rings. The molecule has 4 heteroatoms. The number of amides is 1. The van der Waals surface area contributed by atoms with E-state index in [4.69, 9.17) is 16.7 Å². The number of carbonyl (C=O) groups is 1. The lowest BCUT2D eigenvalue weighted by Crippen LogP contribution is -2.38. The highest BCUT2D eigenvalue weighted by atomic mass is 35.5. The van der Waals surface area contributed by atoms with Gasteiger partial charge in [-0.25, -0.2) is 0 Å². The topological polar surface area (TPSA) is 49.3 Å². The van der Waals surface area contributed by atoms with E-state index in [1.165, 1.54) is 0 Å². The molecule has 0 aromatic heterocycles. The van der Waals surface area contributed by atoms with Crippen LogP contribution < -0.4 is 5.32 Å². The third-order valence-electron chi connectivity index (χ3n) is 3.08. The molecule has 3 nitrogen and oxygen atoms in total. The zero-order valence-electron chi connectivity index (χ0n) is 10.8. The van der Waals surface area contributed by atoms with Crippen LogP contribution in [0.1, 0.15) is 25.8 Å². The van der Waals surface area contributed by atoms with Crippen molar-refractivity contribution in [2.45, 2.75) is 32.7 Å². The number of aryl methyl sites for hydroxylation is 1. The Labute approximate surface area is 113 Å². The van der Waals surface area contributed by atoms with Crippen LogP contribution in [0.15, 0.2) is 24.3 Å². The standard InChI is InChI=1S/C14H20ClNO2/c1-10(9-17)11(2)16-14(18)8-5-12-3-6-13(15)7-4-12/h3-4,6-7,10-11,17H,5,8-9H2,1-2H3,(H,16,18). The Balaban J connectivity index is 2.35. The molecule has 2 unspecified atom stereocenters. The van der Waals surface area contributed by atoms with Crippen LogP contribution in [0.25, 0.3) is 0 Å². The van der Waals surface area contributed by atoms with Gasteiger partial charge in [-0.1, -0.05) is 30.7 Å². The number of hydrogen-bond acceptors (Lipinski definition) is 2. The third-order valence-corrected chi connectivity index (χ3v) is 3.34. The molecule has 0 fully saturated rings. The second kappa shape index (κ2) is 7.39. The van der Waals surface area contributed by atoms with E-state index in [9.17, 15) is 4.79 Å². The molecule has 0 bridgehead atoms. The first-order valence-electron chi connectivity index (χ1n) is 6.17. The molecule has 0 saturated heterocycles. The zero-order valence-corrected chi connectivity index (χ0v) is 11.6. The van der Waals surface area contributed by atoms with Gasteiger partial charge in [-0.3, -0.25) is 4.79 Å². The van der Waals surface area contributed by atoms with Crippen molar-refractivity contribution in [1.29, 1.82) is 0 Å². The fraction of sp³-hybridized carbons (Fsp3) is 0.500. The van der Waals surface area contributed by atoms with E-state index in [0.717, 1.165) is 5.56 Å². The number of carbonyl (C=O) groups excluding carboxylic acids is 1. The van der Waals surface area contributed by atoms with Crippen molar-refractivity contribution in [3.05, 3.63) is 34.9 Å². The summed E-state index contributed by atoms with van der Waals surface area (Å²) in [6, 6.07) is 7.49. The van der Waals surface area contributed by atoms with E-state index in [0.29, 0.717) is 17.9 Å². The first-order valence-corrected chi connectivity index (χ1v) is 6.55. The molecule has 18 heavy (non-hydrogen) atoms. The molecule has 0 radical (unpaired) electrons. The quantitative estimate of drug-likeness (QED) is 0.833. The second-order valence-electron chi connectivity index (χ2n) is 4.64. The molecule has 2 atom stereocenters. The molecule has 2 N–H and O–H groups in total. The highest BCUT2D eigenvalue weighted by Crippen LogP contribution is 2.11. The highest BCUT2D eigenvalue weighted by Gasteiger charge is 2.13. The van der Waals surface area contributed by atoms with E-state index in [1.54, 1.807) is 0 Å². The minimum atomic E-state index is -0.00674. The van der Waals surface area contributed by atoms with E-state index in [2.05, 4.69) is 5.32 Å². The van der Waals surface area contributed by atoms with Gasteiger partial charge in [0, 0.05) is 24.1 Å². The van der Waals surface area contributed by atoms with Gasteiger partial charge >= 0.3 is 0 Å². The van der Waals surface area contributed by atoms with Crippen molar-refractivity contribution in [3.8, 4) is 0 Å². The normalized spacial score (nSPS) is 14.0. The predicted octanol–water partition coefficient (Wildman–Crippen LogP) is 2.41. The largest absolute Gasteiger partial charge is 0.396 e. The van der Waals surface area contributed by atoms with Gasteiger partial charge in [-0.2, -0.15) is 0 Å². The maximum absolute atomic E-state index is 11.7. The molecule has 1 aromatic rings. The van der Waals surface area contributed by atoms with Crippen LogP contribution >= 0.6 is 11.6 Å². The molecule has 100 valence electrons. The van der Waals surface area contributed by atoms with Gasteiger partial charge in [0.1, 0.15) is 0 Å². The van der Waals surface area contributed by atoms with Gasteiger partial charge in [0.15, 0.2) is 0 Å². The summed E-state index contributed by atoms with van der Waals surface area (Å²) in [5, 5.41) is 12.6. The van der Waals surface area contributed by atoms with Gasteiger partial charge < -0.3 is 10.4 Å². The Kier molecular flexibility index (Phi) is 6.16. The van der Waals surface area contributed by atoms with Gasteiger partial charge in [0.25, 0.3) is 0 Å². The number of rotatable bonds is 6. The molecule has 0 heterocycles. The Morgan fingerprint density at radius 1 is 1.33 bits per heavy atom. The van der Waals surface area contributed by atoms with Crippen LogP contribution in [0.2, 0.25) is 5.02 Å². The number of hydrogen-bond donors (Lipinski definition) is 2. The summed E-state index contributed by atoms with van der Waals surface area (Å²) in [4.78, 5) is 11.7. The van der Waals surface area contributed by atoms with Crippen molar-refractivity contribution in [1.82, 2.24) is 5.32 Å². The summed E-state index contributed by atoms with van der Waals surface area (Å²) in [6.45, 7) is 3.89. The number of halogens is 1. The smallest absolute Gasteiger partial charge is 0.220 e. The maximum atomic E-state index is 11.7. The van der Waals surface area contributed by atoms with Crippen LogP contribution in [-0.2, 0) is 11.2 Å². The summed E-state index contributed by atoms with van der Waals surface area (Å²) in [6.07, 6.45) is 1.15. The lowest BCUT2D eigenvalue weighted by atomic mass is 10.0. The fourth-order valence-corrected chi connectivity index (χ4v) is 1.66. The molecule has 1 rings (SSSR count). The van der Waals surface area contributed by atoms with Crippen LogP contribution in [-0.4, -0.2) is 23.7 Å². The Morgan fingerprint density at radius 2 is 1.94 bits per heavy atom. The number of nitrogens with one attached hydrogen (secondary N) is 1. The lowest BCUT2D eigenvalue weighted by Gasteiger charge is -2.19. The molecule has 0 aliphatic carbocycles. The molecular weight excluding hydrogens is 250 g/mol. The van der Waals surface area contributed by atoms with Crippen molar-refractivity contribution < 1.29 is 9.90 Å².